The van der Waals surface area contributed by atoms with Gasteiger partial charge in [-0.1, -0.05) is 55.5 Å². The molecule has 1 N–H and O–H groups in total. The summed E-state index contributed by atoms with van der Waals surface area (Å²) in [5.74, 6) is 4.47. The summed E-state index contributed by atoms with van der Waals surface area (Å²) >= 11 is 6.28. The summed E-state index contributed by atoms with van der Waals surface area (Å²) in [6.45, 7) is 5.26. The molecular weight excluding hydrogens is 481 g/mol. The second-order valence-corrected chi connectivity index (χ2v) is 10.2. The zero-order valence-corrected chi connectivity index (χ0v) is 20.7. The topological polar surface area (TPSA) is 80.1 Å². The van der Waals surface area contributed by atoms with Crippen molar-refractivity contribution in [1.82, 2.24) is 19.7 Å². The quantitative estimate of drug-likeness (QED) is 0.528. The van der Waals surface area contributed by atoms with Gasteiger partial charge in [0, 0.05) is 41.7 Å². The van der Waals surface area contributed by atoms with Crippen LogP contribution in [0.2, 0.25) is 5.02 Å². The van der Waals surface area contributed by atoms with Crippen LogP contribution in [-0.2, 0) is 4.79 Å². The summed E-state index contributed by atoms with van der Waals surface area (Å²) in [7, 11) is 0. The third kappa shape index (κ3) is 4.59. The van der Waals surface area contributed by atoms with Crippen molar-refractivity contribution in [2.45, 2.75) is 32.7 Å². The fraction of sp³-hybridized carbons (Fsp3) is 0.333. The highest BCUT2D eigenvalue weighted by Crippen LogP contribution is 2.54. The molecule has 5 rings (SSSR count). The number of benzene rings is 1. The SMILES string of the molecule is CC(C)C(=O)N1CC2(CC(n3ncc(Cl)c3C(=O)Nc3ncc(C#Cc4ccccc4)cc3F)C2)C1. The molecule has 1 aliphatic carbocycles. The van der Waals surface area contributed by atoms with Gasteiger partial charge in [0.05, 0.1) is 17.3 Å². The van der Waals surface area contributed by atoms with E-state index in [9.17, 15) is 14.0 Å². The monoisotopic (exact) mass is 505 g/mol. The average Bonchev–Trinajstić information content (AvgIpc) is 3.19. The molecule has 1 saturated heterocycles. The molecule has 2 aliphatic rings. The van der Waals surface area contributed by atoms with Crippen LogP contribution in [0.1, 0.15) is 54.3 Å². The van der Waals surface area contributed by atoms with E-state index in [4.69, 9.17) is 11.6 Å². The van der Waals surface area contributed by atoms with Gasteiger partial charge in [0.2, 0.25) is 5.91 Å². The first-order valence-electron chi connectivity index (χ1n) is 11.8. The number of nitrogens with zero attached hydrogens (tertiary/aromatic N) is 4. The van der Waals surface area contributed by atoms with E-state index in [1.54, 1.807) is 4.68 Å². The van der Waals surface area contributed by atoms with Gasteiger partial charge < -0.3 is 10.2 Å². The van der Waals surface area contributed by atoms with Gasteiger partial charge >= 0.3 is 0 Å². The Balaban J connectivity index is 1.25. The Hall–Kier alpha value is -3.70. The standard InChI is InChI=1S/C27H25ClFN5O2/c1-17(2)26(36)33-15-27(16-33)11-20(12-27)34-23(21(28)14-31-34)25(35)32-24-22(29)10-19(13-30-24)9-8-18-6-4-3-5-7-18/h3-7,10,13-14,17,20H,11-12,15-16H2,1-2H3,(H,30,32,35). The Morgan fingerprint density at radius 3 is 2.50 bits per heavy atom. The summed E-state index contributed by atoms with van der Waals surface area (Å²) in [6, 6.07) is 10.6. The molecule has 3 heterocycles. The minimum absolute atomic E-state index is 0.0111. The first-order valence-corrected chi connectivity index (χ1v) is 12.2. The van der Waals surface area contributed by atoms with Crippen molar-refractivity contribution in [3.63, 3.8) is 0 Å². The second kappa shape index (κ2) is 9.40. The van der Waals surface area contributed by atoms with Gasteiger partial charge in [-0.3, -0.25) is 14.3 Å². The van der Waals surface area contributed by atoms with Crippen LogP contribution in [-0.4, -0.2) is 44.6 Å². The van der Waals surface area contributed by atoms with Crippen LogP contribution in [0.5, 0.6) is 0 Å². The van der Waals surface area contributed by atoms with Crippen molar-refractivity contribution in [3.05, 3.63) is 76.5 Å². The molecule has 2 aromatic heterocycles. The molecule has 184 valence electrons. The molecule has 1 aromatic carbocycles. The average molecular weight is 506 g/mol. The number of likely N-dealkylation sites (tertiary alicyclic amines) is 1. The summed E-state index contributed by atoms with van der Waals surface area (Å²) in [5, 5.41) is 7.00. The molecular formula is C27H25ClFN5O2. The Morgan fingerprint density at radius 1 is 1.14 bits per heavy atom. The highest BCUT2D eigenvalue weighted by Gasteiger charge is 2.55. The molecule has 0 unspecified atom stereocenters. The number of anilines is 1. The predicted molar refractivity (Wildman–Crippen MR) is 134 cm³/mol. The zero-order chi connectivity index (χ0) is 25.4. The van der Waals surface area contributed by atoms with E-state index in [0.717, 1.165) is 31.5 Å². The van der Waals surface area contributed by atoms with Gasteiger partial charge in [0.1, 0.15) is 5.69 Å². The highest BCUT2D eigenvalue weighted by atomic mass is 35.5. The number of pyridine rings is 1. The number of amides is 2. The lowest BCUT2D eigenvalue weighted by Gasteiger charge is -2.59. The summed E-state index contributed by atoms with van der Waals surface area (Å²) in [6.07, 6.45) is 4.43. The van der Waals surface area contributed by atoms with E-state index in [1.807, 2.05) is 49.1 Å². The first kappa shape index (κ1) is 24.0. The van der Waals surface area contributed by atoms with Gasteiger partial charge in [-0.05, 0) is 31.0 Å². The fourth-order valence-corrected chi connectivity index (χ4v) is 5.13. The number of carbonyl (C=O) groups is 2. The van der Waals surface area contributed by atoms with Gasteiger partial charge in [-0.25, -0.2) is 9.37 Å². The number of nitrogens with one attached hydrogen (secondary N) is 1. The minimum Gasteiger partial charge on any atom is -0.341 e. The molecule has 0 bridgehead atoms. The van der Waals surface area contributed by atoms with Crippen LogP contribution >= 0.6 is 11.6 Å². The normalized spacial score (nSPS) is 16.2. The van der Waals surface area contributed by atoms with Crippen molar-refractivity contribution < 1.29 is 14.0 Å². The third-order valence-corrected chi connectivity index (χ3v) is 6.98. The molecule has 2 fully saturated rings. The summed E-state index contributed by atoms with van der Waals surface area (Å²) in [4.78, 5) is 31.1. The van der Waals surface area contributed by atoms with E-state index < -0.39 is 11.7 Å². The van der Waals surface area contributed by atoms with Crippen molar-refractivity contribution >= 4 is 29.2 Å². The van der Waals surface area contributed by atoms with Crippen LogP contribution in [0.25, 0.3) is 0 Å². The lowest BCUT2D eigenvalue weighted by Crippen LogP contribution is -2.64. The molecule has 2 amide bonds. The zero-order valence-electron chi connectivity index (χ0n) is 20.0. The van der Waals surface area contributed by atoms with Crippen molar-refractivity contribution in [3.8, 4) is 11.8 Å². The van der Waals surface area contributed by atoms with E-state index in [-0.39, 0.29) is 39.8 Å². The summed E-state index contributed by atoms with van der Waals surface area (Å²) in [5.41, 5.74) is 1.44. The number of rotatable bonds is 4. The molecule has 0 radical (unpaired) electrons. The molecule has 1 aliphatic heterocycles. The minimum atomic E-state index is -0.697. The maximum atomic E-state index is 14.7. The molecule has 1 spiro atoms. The van der Waals surface area contributed by atoms with E-state index >= 15 is 0 Å². The molecule has 1 saturated carbocycles. The Kier molecular flexibility index (Phi) is 6.27. The number of hydrogen-bond donors (Lipinski definition) is 1. The smallest absolute Gasteiger partial charge is 0.276 e. The maximum Gasteiger partial charge on any atom is 0.276 e. The van der Waals surface area contributed by atoms with E-state index in [1.165, 1.54) is 18.5 Å². The third-order valence-electron chi connectivity index (χ3n) is 6.71. The number of aromatic nitrogens is 3. The van der Waals surface area contributed by atoms with Crippen LogP contribution in [0.3, 0.4) is 0 Å². The molecule has 36 heavy (non-hydrogen) atoms. The fourth-order valence-electron chi connectivity index (χ4n) is 4.92. The van der Waals surface area contributed by atoms with E-state index in [2.05, 4.69) is 27.2 Å². The Morgan fingerprint density at radius 2 is 1.83 bits per heavy atom. The van der Waals surface area contributed by atoms with Crippen LogP contribution in [0.4, 0.5) is 10.2 Å². The largest absolute Gasteiger partial charge is 0.341 e. The van der Waals surface area contributed by atoms with Gasteiger partial charge in [0.15, 0.2) is 11.6 Å². The number of hydrogen-bond acceptors (Lipinski definition) is 4. The molecule has 3 aromatic rings. The van der Waals surface area contributed by atoms with Gasteiger partial charge in [0.25, 0.3) is 5.91 Å². The van der Waals surface area contributed by atoms with Crippen molar-refractivity contribution in [1.29, 1.82) is 0 Å². The Bertz CT molecular complexity index is 1380. The molecule has 9 heteroatoms. The lowest BCUT2D eigenvalue weighted by molar-refractivity contribution is -0.157. The van der Waals surface area contributed by atoms with Crippen molar-refractivity contribution in [2.75, 3.05) is 18.4 Å². The number of carbonyl (C=O) groups excluding carboxylic acids is 2. The molecule has 0 atom stereocenters. The first-order chi connectivity index (χ1) is 17.2. The van der Waals surface area contributed by atoms with Crippen LogP contribution in [0, 0.1) is 29.0 Å². The van der Waals surface area contributed by atoms with Gasteiger partial charge in [-0.2, -0.15) is 5.10 Å². The van der Waals surface area contributed by atoms with Gasteiger partial charge in [-0.15, -0.1) is 0 Å². The predicted octanol–water partition coefficient (Wildman–Crippen LogP) is 4.54. The molecule has 7 nitrogen and oxygen atoms in total. The number of halogens is 2. The lowest BCUT2D eigenvalue weighted by atomic mass is 9.60. The summed E-state index contributed by atoms with van der Waals surface area (Å²) < 4.78 is 16.3. The van der Waals surface area contributed by atoms with Crippen LogP contribution in [0.15, 0.2) is 48.8 Å². The second-order valence-electron chi connectivity index (χ2n) is 9.82. The Labute approximate surface area is 213 Å². The van der Waals surface area contributed by atoms with Crippen molar-refractivity contribution in [2.24, 2.45) is 11.3 Å². The van der Waals surface area contributed by atoms with E-state index in [0.29, 0.717) is 5.56 Å². The van der Waals surface area contributed by atoms with Crippen LogP contribution < -0.4 is 5.32 Å². The maximum absolute atomic E-state index is 14.7. The highest BCUT2D eigenvalue weighted by molar-refractivity contribution is 6.34.